The number of aryl methyl sites for hydroxylation is 1. The Bertz CT molecular complexity index is 613. The van der Waals surface area contributed by atoms with Crippen molar-refractivity contribution in [3.8, 4) is 0 Å². The normalized spacial score (nSPS) is 21.4. The van der Waals surface area contributed by atoms with Crippen LogP contribution in [0.2, 0.25) is 0 Å². The summed E-state index contributed by atoms with van der Waals surface area (Å²) in [6.45, 7) is 4.89. The number of nitrogens with one attached hydrogen (secondary N) is 1. The topological polar surface area (TPSA) is 49.4 Å². The van der Waals surface area contributed by atoms with Crippen LogP contribution in [0.3, 0.4) is 0 Å². The van der Waals surface area contributed by atoms with Crippen molar-refractivity contribution in [1.82, 2.24) is 9.62 Å². The van der Waals surface area contributed by atoms with Gasteiger partial charge in [0.05, 0.1) is 4.90 Å². The Morgan fingerprint density at radius 1 is 1.04 bits per heavy atom. The van der Waals surface area contributed by atoms with Gasteiger partial charge in [0.2, 0.25) is 10.0 Å². The van der Waals surface area contributed by atoms with Gasteiger partial charge in [-0.25, -0.2) is 13.1 Å². The molecule has 2 aliphatic rings. The van der Waals surface area contributed by atoms with Gasteiger partial charge in [0.15, 0.2) is 0 Å². The highest BCUT2D eigenvalue weighted by molar-refractivity contribution is 7.89. The molecule has 24 heavy (non-hydrogen) atoms. The Kier molecular flexibility index (Phi) is 5.95. The number of piperidine rings is 1. The quantitative estimate of drug-likeness (QED) is 0.857. The van der Waals surface area contributed by atoms with E-state index in [1.165, 1.54) is 25.7 Å². The average molecular weight is 351 g/mol. The first-order valence-corrected chi connectivity index (χ1v) is 10.9. The summed E-state index contributed by atoms with van der Waals surface area (Å²) < 4.78 is 27.7. The summed E-state index contributed by atoms with van der Waals surface area (Å²) in [6.07, 6.45) is 8.59. The molecule has 1 N–H and O–H groups in total. The van der Waals surface area contributed by atoms with E-state index in [9.17, 15) is 8.42 Å². The molecule has 1 aliphatic heterocycles. The number of hydrogen-bond donors (Lipinski definition) is 1. The molecule has 0 aromatic heterocycles. The number of hydrogen-bond acceptors (Lipinski definition) is 3. The second-order valence-corrected chi connectivity index (χ2v) is 9.03. The van der Waals surface area contributed by atoms with Gasteiger partial charge in [0.1, 0.15) is 0 Å². The summed E-state index contributed by atoms with van der Waals surface area (Å²) in [4.78, 5) is 3.00. The molecule has 1 saturated carbocycles. The van der Waals surface area contributed by atoms with E-state index in [-0.39, 0.29) is 0 Å². The fourth-order valence-electron chi connectivity index (χ4n) is 4.01. The first-order valence-electron chi connectivity index (χ1n) is 9.41. The molecule has 0 bridgehead atoms. The predicted octanol–water partition coefficient (Wildman–Crippen LogP) is 3.18. The van der Waals surface area contributed by atoms with E-state index >= 15 is 0 Å². The van der Waals surface area contributed by atoms with Crippen molar-refractivity contribution < 1.29 is 8.42 Å². The van der Waals surface area contributed by atoms with E-state index in [1.807, 2.05) is 12.1 Å². The molecule has 5 heteroatoms. The fraction of sp³-hybridized carbons (Fsp3) is 0.684. The van der Waals surface area contributed by atoms with Gasteiger partial charge in [-0.1, -0.05) is 31.9 Å². The Morgan fingerprint density at radius 3 is 2.25 bits per heavy atom. The maximum absolute atomic E-state index is 12.4. The lowest BCUT2D eigenvalue weighted by atomic mass is 9.96. The molecule has 1 aromatic rings. The summed E-state index contributed by atoms with van der Waals surface area (Å²) in [6, 6.07) is 8.01. The lowest BCUT2D eigenvalue weighted by Crippen LogP contribution is -2.42. The van der Waals surface area contributed by atoms with Crippen LogP contribution in [0.15, 0.2) is 29.2 Å². The van der Waals surface area contributed by atoms with Gasteiger partial charge < -0.3 is 4.90 Å². The smallest absolute Gasteiger partial charge is 0.240 e. The zero-order chi connectivity index (χ0) is 17.0. The highest BCUT2D eigenvalue weighted by Gasteiger charge is 2.27. The minimum atomic E-state index is -3.38. The summed E-state index contributed by atoms with van der Waals surface area (Å²) >= 11 is 0. The number of likely N-dealkylation sites (tertiary alicyclic amines) is 1. The molecule has 2 fully saturated rings. The van der Waals surface area contributed by atoms with Crippen molar-refractivity contribution in [2.45, 2.75) is 62.8 Å². The minimum absolute atomic E-state index is 0.378. The SMILES string of the molecule is CCc1ccc(S(=O)(=O)NCC2CCN(C3CCCC3)CC2)cc1. The summed E-state index contributed by atoms with van der Waals surface area (Å²) in [5.41, 5.74) is 1.16. The third kappa shape index (κ3) is 4.38. The van der Waals surface area contributed by atoms with Gasteiger partial charge in [0, 0.05) is 12.6 Å². The van der Waals surface area contributed by atoms with Crippen LogP contribution in [0.4, 0.5) is 0 Å². The van der Waals surface area contributed by atoms with Gasteiger partial charge in [0.25, 0.3) is 0 Å². The van der Waals surface area contributed by atoms with Crippen molar-refractivity contribution in [2.75, 3.05) is 19.6 Å². The Labute approximate surface area is 146 Å². The van der Waals surface area contributed by atoms with E-state index in [2.05, 4.69) is 16.5 Å². The molecular formula is C19H30N2O2S. The molecular weight excluding hydrogens is 320 g/mol. The van der Waals surface area contributed by atoms with Crippen LogP contribution in [0.5, 0.6) is 0 Å². The first kappa shape index (κ1) is 17.9. The Balaban J connectivity index is 1.48. The van der Waals surface area contributed by atoms with E-state index in [4.69, 9.17) is 0 Å². The number of nitrogens with zero attached hydrogens (tertiary/aromatic N) is 1. The van der Waals surface area contributed by atoms with Crippen molar-refractivity contribution >= 4 is 10.0 Å². The Hall–Kier alpha value is -0.910. The molecule has 1 aliphatic carbocycles. The molecule has 0 unspecified atom stereocenters. The van der Waals surface area contributed by atoms with Gasteiger partial charge in [-0.2, -0.15) is 0 Å². The molecule has 134 valence electrons. The van der Waals surface area contributed by atoms with E-state index in [0.29, 0.717) is 17.4 Å². The molecule has 3 rings (SSSR count). The first-order chi connectivity index (χ1) is 11.6. The minimum Gasteiger partial charge on any atom is -0.300 e. The van der Waals surface area contributed by atoms with Crippen molar-refractivity contribution in [1.29, 1.82) is 0 Å². The van der Waals surface area contributed by atoms with E-state index in [0.717, 1.165) is 44.0 Å². The van der Waals surface area contributed by atoms with Crippen LogP contribution in [0.1, 0.15) is 51.0 Å². The van der Waals surface area contributed by atoms with Crippen LogP contribution in [-0.4, -0.2) is 39.0 Å². The fourth-order valence-corrected chi connectivity index (χ4v) is 5.12. The molecule has 1 heterocycles. The van der Waals surface area contributed by atoms with Crippen molar-refractivity contribution in [3.05, 3.63) is 29.8 Å². The number of sulfonamides is 1. The molecule has 0 atom stereocenters. The third-order valence-electron chi connectivity index (χ3n) is 5.69. The maximum atomic E-state index is 12.4. The summed E-state index contributed by atoms with van der Waals surface area (Å²) in [5, 5.41) is 0. The standard InChI is InChI=1S/C19H30N2O2S/c1-2-16-7-9-19(10-8-16)24(22,23)20-15-17-11-13-21(14-12-17)18-5-3-4-6-18/h7-10,17-18,20H,2-6,11-15H2,1H3. The predicted molar refractivity (Wildman–Crippen MR) is 97.6 cm³/mol. The van der Waals surface area contributed by atoms with Gasteiger partial charge in [-0.15, -0.1) is 0 Å². The lowest BCUT2D eigenvalue weighted by Gasteiger charge is -2.36. The molecule has 0 amide bonds. The molecule has 1 aromatic carbocycles. The van der Waals surface area contributed by atoms with E-state index < -0.39 is 10.0 Å². The van der Waals surface area contributed by atoms with Crippen LogP contribution in [0, 0.1) is 5.92 Å². The Morgan fingerprint density at radius 2 is 1.67 bits per heavy atom. The third-order valence-corrected chi connectivity index (χ3v) is 7.13. The van der Waals surface area contributed by atoms with Gasteiger partial charge in [-0.3, -0.25) is 0 Å². The zero-order valence-corrected chi connectivity index (χ0v) is 15.5. The largest absolute Gasteiger partial charge is 0.300 e. The van der Waals surface area contributed by atoms with Crippen LogP contribution < -0.4 is 4.72 Å². The van der Waals surface area contributed by atoms with Crippen LogP contribution in [0.25, 0.3) is 0 Å². The zero-order valence-electron chi connectivity index (χ0n) is 14.7. The maximum Gasteiger partial charge on any atom is 0.240 e. The van der Waals surface area contributed by atoms with E-state index in [1.54, 1.807) is 12.1 Å². The molecule has 4 nitrogen and oxygen atoms in total. The second kappa shape index (κ2) is 7.98. The second-order valence-electron chi connectivity index (χ2n) is 7.27. The number of benzene rings is 1. The molecule has 0 spiro atoms. The van der Waals surface area contributed by atoms with Gasteiger partial charge >= 0.3 is 0 Å². The highest BCUT2D eigenvalue weighted by atomic mass is 32.2. The summed E-state index contributed by atoms with van der Waals surface area (Å²) in [7, 11) is -3.38. The molecule has 1 saturated heterocycles. The molecule has 0 radical (unpaired) electrons. The highest BCUT2D eigenvalue weighted by Crippen LogP contribution is 2.27. The lowest BCUT2D eigenvalue weighted by molar-refractivity contribution is 0.135. The van der Waals surface area contributed by atoms with Crippen LogP contribution in [-0.2, 0) is 16.4 Å². The van der Waals surface area contributed by atoms with Crippen molar-refractivity contribution in [3.63, 3.8) is 0 Å². The number of rotatable bonds is 6. The monoisotopic (exact) mass is 350 g/mol. The average Bonchev–Trinajstić information content (AvgIpc) is 3.15. The van der Waals surface area contributed by atoms with Crippen LogP contribution >= 0.6 is 0 Å². The van der Waals surface area contributed by atoms with Gasteiger partial charge in [-0.05, 0) is 68.8 Å². The van der Waals surface area contributed by atoms with Crippen molar-refractivity contribution in [2.24, 2.45) is 5.92 Å². The summed E-state index contributed by atoms with van der Waals surface area (Å²) in [5.74, 6) is 0.465.